The van der Waals surface area contributed by atoms with Crippen LogP contribution in [0, 0.1) is 12.7 Å². The highest BCUT2D eigenvalue weighted by Crippen LogP contribution is 2.41. The largest absolute Gasteiger partial charge is 0.454 e. The molecule has 0 radical (unpaired) electrons. The zero-order chi connectivity index (χ0) is 27.2. The minimum Gasteiger partial charge on any atom is -0.454 e. The lowest BCUT2D eigenvalue weighted by molar-refractivity contribution is -0.137. The fourth-order valence-electron chi connectivity index (χ4n) is 4.11. The summed E-state index contributed by atoms with van der Waals surface area (Å²) < 4.78 is 67.7. The van der Waals surface area contributed by atoms with Gasteiger partial charge in [-0.3, -0.25) is 14.6 Å². The van der Waals surface area contributed by atoms with E-state index in [0.717, 1.165) is 17.2 Å². The van der Waals surface area contributed by atoms with E-state index < -0.39 is 35.9 Å². The van der Waals surface area contributed by atoms with Gasteiger partial charge in [0.05, 0.1) is 18.2 Å². The number of nitrogens with one attached hydrogen (secondary N) is 1. The highest BCUT2D eigenvalue weighted by Gasteiger charge is 2.42. The van der Waals surface area contributed by atoms with Gasteiger partial charge in [-0.15, -0.1) is 0 Å². The molecule has 4 aromatic rings. The minimum atomic E-state index is -4.46. The maximum atomic E-state index is 15.5. The Morgan fingerprint density at radius 1 is 1.16 bits per heavy atom. The summed E-state index contributed by atoms with van der Waals surface area (Å²) >= 11 is 0. The molecule has 0 saturated carbocycles. The van der Waals surface area contributed by atoms with Gasteiger partial charge >= 0.3 is 6.18 Å². The number of carbonyl (C=O) groups excluding carboxylic acids is 1. The number of halogens is 4. The van der Waals surface area contributed by atoms with E-state index in [1.54, 1.807) is 23.6 Å². The van der Waals surface area contributed by atoms with Crippen LogP contribution in [-0.2, 0) is 15.8 Å². The van der Waals surface area contributed by atoms with E-state index in [1.807, 2.05) is 0 Å². The lowest BCUT2D eigenvalue weighted by atomic mass is 10.2. The first-order valence-corrected chi connectivity index (χ1v) is 11.4. The van der Waals surface area contributed by atoms with Gasteiger partial charge in [-0.2, -0.15) is 13.2 Å². The van der Waals surface area contributed by atoms with E-state index in [0.29, 0.717) is 11.2 Å². The highest BCUT2D eigenvalue weighted by atomic mass is 19.4. The van der Waals surface area contributed by atoms with E-state index in [4.69, 9.17) is 14.3 Å². The van der Waals surface area contributed by atoms with Crippen LogP contribution in [0.15, 0.2) is 60.8 Å². The summed E-state index contributed by atoms with van der Waals surface area (Å²) in [5.74, 6) is -0.974. The number of aromatic nitrogens is 2. The van der Waals surface area contributed by atoms with E-state index in [-0.39, 0.29) is 28.3 Å². The molecular formula is C26H22F4N4O4. The van der Waals surface area contributed by atoms with Crippen LogP contribution in [0.5, 0.6) is 11.5 Å². The first kappa shape index (κ1) is 25.5. The van der Waals surface area contributed by atoms with Crippen molar-refractivity contribution in [3.63, 3.8) is 0 Å². The van der Waals surface area contributed by atoms with E-state index in [9.17, 15) is 18.0 Å². The second kappa shape index (κ2) is 9.62. The normalized spacial score (nSPS) is 16.9. The molecule has 1 aliphatic rings. The smallest absolute Gasteiger partial charge is 0.416 e. The van der Waals surface area contributed by atoms with Crippen LogP contribution in [-0.4, -0.2) is 40.9 Å². The van der Waals surface area contributed by atoms with Crippen molar-refractivity contribution < 1.29 is 36.7 Å². The molecule has 1 aliphatic heterocycles. The van der Waals surface area contributed by atoms with Crippen molar-refractivity contribution in [3.8, 4) is 11.5 Å². The molecule has 8 nitrogen and oxygen atoms in total. The zero-order valence-corrected chi connectivity index (χ0v) is 20.4. The van der Waals surface area contributed by atoms with Gasteiger partial charge in [-0.25, -0.2) is 9.45 Å². The van der Waals surface area contributed by atoms with E-state index in [2.05, 4.69) is 10.3 Å². The zero-order valence-electron chi connectivity index (χ0n) is 20.4. The van der Waals surface area contributed by atoms with Crippen LogP contribution in [0.25, 0.3) is 10.9 Å². The molecule has 38 heavy (non-hydrogen) atoms. The summed E-state index contributed by atoms with van der Waals surface area (Å²) in [6.07, 6.45) is -4.23. The molecule has 2 atom stereocenters. The van der Waals surface area contributed by atoms with Gasteiger partial charge in [0.15, 0.2) is 24.0 Å². The number of anilines is 1. The standard InChI is InChI=1S/C26H22F4N4O4/c1-14-11-18-20(34(14)25-23(38-25)32-16-6-4-5-15(12-16)26(28,29)30)7-8-21(22(18)27)37-17-9-10-31-19(13-17)24(35)33(2)36-3/h4-13,23,25,32H,1-3H3. The monoisotopic (exact) mass is 530 g/mol. The number of amides is 1. The van der Waals surface area contributed by atoms with Crippen LogP contribution in [0.2, 0.25) is 0 Å². The first-order valence-electron chi connectivity index (χ1n) is 11.4. The van der Waals surface area contributed by atoms with Crippen molar-refractivity contribution in [3.05, 3.63) is 83.6 Å². The number of fused-ring (bicyclic) bond motifs is 1. The summed E-state index contributed by atoms with van der Waals surface area (Å²) in [6.45, 7) is 1.77. The van der Waals surface area contributed by atoms with Gasteiger partial charge in [0.1, 0.15) is 11.4 Å². The lowest BCUT2D eigenvalue weighted by Crippen LogP contribution is -2.26. The fraction of sp³-hybridized carbons (Fsp3) is 0.231. The van der Waals surface area contributed by atoms with Crippen LogP contribution in [0.4, 0.5) is 23.2 Å². The molecule has 0 bridgehead atoms. The predicted octanol–water partition coefficient (Wildman–Crippen LogP) is 5.90. The van der Waals surface area contributed by atoms with Crippen LogP contribution >= 0.6 is 0 Å². The third kappa shape index (κ3) is 4.87. The predicted molar refractivity (Wildman–Crippen MR) is 129 cm³/mol. The second-order valence-electron chi connectivity index (χ2n) is 8.60. The molecule has 12 heteroatoms. The fourth-order valence-corrected chi connectivity index (χ4v) is 4.11. The summed E-state index contributed by atoms with van der Waals surface area (Å²) in [4.78, 5) is 21.1. The third-order valence-electron chi connectivity index (χ3n) is 6.07. The number of benzene rings is 2. The number of hydrogen-bond donors (Lipinski definition) is 1. The summed E-state index contributed by atoms with van der Waals surface area (Å²) in [7, 11) is 2.77. The molecule has 1 fully saturated rings. The van der Waals surface area contributed by atoms with Crippen molar-refractivity contribution in [1.82, 2.24) is 14.6 Å². The molecule has 5 rings (SSSR count). The van der Waals surface area contributed by atoms with Gasteiger partial charge in [0, 0.05) is 36.1 Å². The highest BCUT2D eigenvalue weighted by molar-refractivity contribution is 5.91. The number of pyridine rings is 1. The number of hydroxylamine groups is 2. The van der Waals surface area contributed by atoms with Gasteiger partial charge in [-0.1, -0.05) is 6.07 Å². The number of carbonyl (C=O) groups is 1. The Labute approximate surface area is 214 Å². The number of ether oxygens (including phenoxy) is 2. The summed E-state index contributed by atoms with van der Waals surface area (Å²) in [5.41, 5.74) is 0.760. The molecule has 1 amide bonds. The van der Waals surface area contributed by atoms with Crippen LogP contribution in [0.3, 0.4) is 0 Å². The number of nitrogens with zero attached hydrogens (tertiary/aromatic N) is 3. The van der Waals surface area contributed by atoms with Gasteiger partial charge < -0.3 is 19.4 Å². The SMILES string of the molecule is CON(C)C(=O)c1cc(Oc2ccc3c(cc(C)n3C3OC3Nc3cccc(C(F)(F)F)c3)c2F)ccn1. The molecule has 2 aromatic carbocycles. The van der Waals surface area contributed by atoms with Crippen molar-refractivity contribution >= 4 is 22.5 Å². The molecule has 2 unspecified atom stereocenters. The quantitative estimate of drug-likeness (QED) is 0.182. The van der Waals surface area contributed by atoms with Crippen molar-refractivity contribution in [2.24, 2.45) is 0 Å². The number of alkyl halides is 3. The maximum absolute atomic E-state index is 15.5. The molecule has 198 valence electrons. The van der Waals surface area contributed by atoms with Crippen LogP contribution in [0.1, 0.15) is 28.0 Å². The number of hydrogen-bond acceptors (Lipinski definition) is 6. The Morgan fingerprint density at radius 2 is 1.95 bits per heavy atom. The van der Waals surface area contributed by atoms with E-state index in [1.165, 1.54) is 50.7 Å². The Hall–Kier alpha value is -4.16. The maximum Gasteiger partial charge on any atom is 0.416 e. The number of epoxide rings is 1. The summed E-state index contributed by atoms with van der Waals surface area (Å²) in [6, 6.07) is 12.4. The number of rotatable bonds is 7. The van der Waals surface area contributed by atoms with Gasteiger partial charge in [-0.05, 0) is 49.4 Å². The molecule has 0 aliphatic carbocycles. The Balaban J connectivity index is 1.36. The molecule has 1 saturated heterocycles. The molecule has 1 N–H and O–H groups in total. The van der Waals surface area contributed by atoms with Gasteiger partial charge in [0.25, 0.3) is 5.91 Å². The van der Waals surface area contributed by atoms with Crippen molar-refractivity contribution in [1.29, 1.82) is 0 Å². The molecule has 2 aromatic heterocycles. The van der Waals surface area contributed by atoms with Gasteiger partial charge in [0.2, 0.25) is 0 Å². The van der Waals surface area contributed by atoms with Crippen LogP contribution < -0.4 is 10.1 Å². The average Bonchev–Trinajstić information content (AvgIpc) is 3.55. The Kier molecular flexibility index (Phi) is 6.45. The van der Waals surface area contributed by atoms with E-state index >= 15 is 4.39 Å². The molecule has 0 spiro atoms. The van der Waals surface area contributed by atoms with Crippen molar-refractivity contribution in [2.75, 3.05) is 19.5 Å². The number of aryl methyl sites for hydroxylation is 1. The molecule has 3 heterocycles. The topological polar surface area (TPSA) is 81.1 Å². The lowest BCUT2D eigenvalue weighted by Gasteiger charge is -2.13. The molecular weight excluding hydrogens is 508 g/mol. The third-order valence-corrected chi connectivity index (χ3v) is 6.07. The minimum absolute atomic E-state index is 0.0560. The second-order valence-corrected chi connectivity index (χ2v) is 8.60. The first-order chi connectivity index (χ1) is 18.1. The average molecular weight is 530 g/mol. The summed E-state index contributed by atoms with van der Waals surface area (Å²) in [5, 5.41) is 4.21. The Morgan fingerprint density at radius 3 is 2.68 bits per heavy atom. The Bertz CT molecular complexity index is 1520. The van der Waals surface area contributed by atoms with Crippen molar-refractivity contribution in [2.45, 2.75) is 25.6 Å².